The Morgan fingerprint density at radius 3 is 2.39 bits per heavy atom. The van der Waals surface area contributed by atoms with Crippen molar-refractivity contribution in [3.63, 3.8) is 0 Å². The number of hydrogen-bond donors (Lipinski definition) is 3. The molecule has 0 aliphatic rings. The fraction of sp³-hybridized carbons (Fsp3) is 0.286. The Morgan fingerprint density at radius 2 is 1.87 bits per heavy atom. The lowest BCUT2D eigenvalue weighted by molar-refractivity contribution is 0.598. The first kappa shape index (κ1) is 17.6. The molecule has 9 heteroatoms. The lowest BCUT2D eigenvalue weighted by Crippen LogP contribution is -2.12. The van der Waals surface area contributed by atoms with E-state index in [-0.39, 0.29) is 10.8 Å². The molecule has 1 aromatic carbocycles. The molecular formula is C14H18BrN5O2S. The molecule has 1 heterocycles. The summed E-state index contributed by atoms with van der Waals surface area (Å²) >= 11 is 3.41. The van der Waals surface area contributed by atoms with E-state index in [0.29, 0.717) is 21.9 Å². The average molecular weight is 400 g/mol. The van der Waals surface area contributed by atoms with E-state index in [1.807, 2.05) is 0 Å². The van der Waals surface area contributed by atoms with Crippen LogP contribution >= 0.6 is 15.9 Å². The number of nitrogens with one attached hydrogen (secondary N) is 1. The molecule has 1 atom stereocenters. The van der Waals surface area contributed by atoms with Crippen molar-refractivity contribution in [2.75, 3.05) is 11.1 Å². The van der Waals surface area contributed by atoms with Crippen LogP contribution in [0.2, 0.25) is 0 Å². The number of primary sulfonamides is 1. The minimum atomic E-state index is -3.71. The van der Waals surface area contributed by atoms with Gasteiger partial charge in [0.25, 0.3) is 0 Å². The molecule has 0 amide bonds. The summed E-state index contributed by atoms with van der Waals surface area (Å²) in [6, 6.07) is 6.00. The summed E-state index contributed by atoms with van der Waals surface area (Å²) in [6.45, 7) is 4.12. The van der Waals surface area contributed by atoms with Gasteiger partial charge in [-0.3, -0.25) is 0 Å². The number of anilines is 3. The fourth-order valence-electron chi connectivity index (χ4n) is 1.92. The molecule has 23 heavy (non-hydrogen) atoms. The monoisotopic (exact) mass is 399 g/mol. The number of nitrogens with two attached hydrogens (primary N) is 2. The van der Waals surface area contributed by atoms with Gasteiger partial charge in [0.05, 0.1) is 15.1 Å². The standard InChI is InChI=1S/C14H18BrN5O2S/c1-3-8(2)12-11(15)13(16)20-14(19-12)18-9-4-6-10(7-5-9)23(17,21)22/h4-8H,3H2,1-2H3,(H2,17,21,22)(H3,16,18,19,20). The Bertz CT molecular complexity index is 809. The fourth-order valence-corrected chi connectivity index (χ4v) is 3.00. The molecule has 1 aromatic heterocycles. The number of hydrogen-bond acceptors (Lipinski definition) is 6. The van der Waals surface area contributed by atoms with E-state index in [1.165, 1.54) is 12.1 Å². The van der Waals surface area contributed by atoms with Crippen molar-refractivity contribution in [3.05, 3.63) is 34.4 Å². The first-order valence-electron chi connectivity index (χ1n) is 6.95. The largest absolute Gasteiger partial charge is 0.383 e. The van der Waals surface area contributed by atoms with Gasteiger partial charge in [0.1, 0.15) is 5.82 Å². The van der Waals surface area contributed by atoms with Crippen LogP contribution in [0.1, 0.15) is 31.9 Å². The molecule has 0 spiro atoms. The van der Waals surface area contributed by atoms with Crippen LogP contribution in [-0.2, 0) is 10.0 Å². The SMILES string of the molecule is CCC(C)c1nc(Nc2ccc(S(N)(=O)=O)cc2)nc(N)c1Br. The van der Waals surface area contributed by atoms with Crippen LogP contribution in [0.3, 0.4) is 0 Å². The zero-order valence-electron chi connectivity index (χ0n) is 12.7. The van der Waals surface area contributed by atoms with E-state index < -0.39 is 10.0 Å². The molecule has 2 aromatic rings. The zero-order chi connectivity index (χ0) is 17.2. The van der Waals surface area contributed by atoms with Crippen molar-refractivity contribution >= 4 is 43.4 Å². The maximum Gasteiger partial charge on any atom is 0.238 e. The highest BCUT2D eigenvalue weighted by atomic mass is 79.9. The van der Waals surface area contributed by atoms with Gasteiger partial charge < -0.3 is 11.1 Å². The van der Waals surface area contributed by atoms with E-state index in [4.69, 9.17) is 10.9 Å². The quantitative estimate of drug-likeness (QED) is 0.709. The first-order valence-corrected chi connectivity index (χ1v) is 9.29. The summed E-state index contributed by atoms with van der Waals surface area (Å²) in [5.41, 5.74) is 7.37. The van der Waals surface area contributed by atoms with E-state index in [0.717, 1.165) is 12.1 Å². The summed E-state index contributed by atoms with van der Waals surface area (Å²) < 4.78 is 23.2. The van der Waals surface area contributed by atoms with Gasteiger partial charge in [-0.15, -0.1) is 0 Å². The molecule has 124 valence electrons. The lowest BCUT2D eigenvalue weighted by Gasteiger charge is -2.14. The van der Waals surface area contributed by atoms with E-state index in [9.17, 15) is 8.42 Å². The summed E-state index contributed by atoms with van der Waals surface area (Å²) in [4.78, 5) is 8.70. The molecule has 0 saturated carbocycles. The van der Waals surface area contributed by atoms with Crippen LogP contribution in [0.4, 0.5) is 17.5 Å². The van der Waals surface area contributed by atoms with Gasteiger partial charge in [0.15, 0.2) is 0 Å². The van der Waals surface area contributed by atoms with Crippen LogP contribution < -0.4 is 16.2 Å². The van der Waals surface area contributed by atoms with Crippen LogP contribution in [0.25, 0.3) is 0 Å². The molecule has 0 radical (unpaired) electrons. The Kier molecular flexibility index (Phi) is 5.23. The van der Waals surface area contributed by atoms with Gasteiger partial charge in [-0.2, -0.15) is 4.98 Å². The zero-order valence-corrected chi connectivity index (χ0v) is 15.1. The summed E-state index contributed by atoms with van der Waals surface area (Å²) in [6.07, 6.45) is 0.914. The first-order chi connectivity index (χ1) is 10.7. The molecule has 0 aliphatic heterocycles. The predicted molar refractivity (Wildman–Crippen MR) is 93.9 cm³/mol. The van der Waals surface area contributed by atoms with Gasteiger partial charge in [0, 0.05) is 5.69 Å². The van der Waals surface area contributed by atoms with Crippen LogP contribution in [0.5, 0.6) is 0 Å². The van der Waals surface area contributed by atoms with Gasteiger partial charge in [0.2, 0.25) is 16.0 Å². The van der Waals surface area contributed by atoms with Crippen molar-refractivity contribution in [1.82, 2.24) is 9.97 Å². The third kappa shape index (κ3) is 4.18. The maximum absolute atomic E-state index is 11.2. The minimum Gasteiger partial charge on any atom is -0.383 e. The van der Waals surface area contributed by atoms with E-state index in [1.54, 1.807) is 12.1 Å². The number of aromatic nitrogens is 2. The lowest BCUT2D eigenvalue weighted by atomic mass is 10.1. The van der Waals surface area contributed by atoms with Crippen molar-refractivity contribution in [1.29, 1.82) is 0 Å². The van der Waals surface area contributed by atoms with Crippen LogP contribution in [0, 0.1) is 0 Å². The Labute approximate surface area is 143 Å². The normalized spacial score (nSPS) is 12.9. The van der Waals surface area contributed by atoms with Crippen molar-refractivity contribution in [2.45, 2.75) is 31.1 Å². The number of sulfonamides is 1. The van der Waals surface area contributed by atoms with E-state index in [2.05, 4.69) is 45.1 Å². The summed E-state index contributed by atoms with van der Waals surface area (Å²) in [7, 11) is -3.71. The number of nitrogen functional groups attached to an aromatic ring is 1. The highest BCUT2D eigenvalue weighted by Gasteiger charge is 2.15. The molecule has 2 rings (SSSR count). The second-order valence-corrected chi connectivity index (χ2v) is 7.49. The highest BCUT2D eigenvalue weighted by molar-refractivity contribution is 9.10. The molecule has 0 saturated heterocycles. The molecule has 0 fully saturated rings. The van der Waals surface area contributed by atoms with Crippen LogP contribution in [-0.4, -0.2) is 18.4 Å². The second-order valence-electron chi connectivity index (χ2n) is 5.14. The topological polar surface area (TPSA) is 124 Å². The van der Waals surface area contributed by atoms with Gasteiger partial charge >= 0.3 is 0 Å². The Hall–Kier alpha value is -1.71. The van der Waals surface area contributed by atoms with Crippen molar-refractivity contribution in [3.8, 4) is 0 Å². The third-order valence-corrected chi connectivity index (χ3v) is 5.16. The van der Waals surface area contributed by atoms with Gasteiger partial charge in [-0.25, -0.2) is 18.5 Å². The van der Waals surface area contributed by atoms with Crippen molar-refractivity contribution in [2.24, 2.45) is 5.14 Å². The van der Waals surface area contributed by atoms with Crippen molar-refractivity contribution < 1.29 is 8.42 Å². The second kappa shape index (κ2) is 6.81. The molecule has 0 aliphatic carbocycles. The molecular weight excluding hydrogens is 382 g/mol. The smallest absolute Gasteiger partial charge is 0.238 e. The van der Waals surface area contributed by atoms with E-state index >= 15 is 0 Å². The highest BCUT2D eigenvalue weighted by Crippen LogP contribution is 2.30. The predicted octanol–water partition coefficient (Wildman–Crippen LogP) is 2.73. The Balaban J connectivity index is 2.31. The molecule has 1 unspecified atom stereocenters. The summed E-state index contributed by atoms with van der Waals surface area (Å²) in [5, 5.41) is 8.08. The molecule has 5 N–H and O–H groups in total. The molecule has 0 bridgehead atoms. The van der Waals surface area contributed by atoms with Crippen LogP contribution in [0.15, 0.2) is 33.6 Å². The molecule has 7 nitrogen and oxygen atoms in total. The maximum atomic E-state index is 11.2. The summed E-state index contributed by atoms with van der Waals surface area (Å²) in [5.74, 6) is 0.920. The third-order valence-electron chi connectivity index (χ3n) is 3.42. The number of nitrogens with zero attached hydrogens (tertiary/aromatic N) is 2. The van der Waals surface area contributed by atoms with Gasteiger partial charge in [-0.1, -0.05) is 13.8 Å². The van der Waals surface area contributed by atoms with Gasteiger partial charge in [-0.05, 0) is 52.5 Å². The Morgan fingerprint density at radius 1 is 1.26 bits per heavy atom. The number of benzene rings is 1. The number of halogens is 1. The number of rotatable bonds is 5. The minimum absolute atomic E-state index is 0.0413. The average Bonchev–Trinajstić information content (AvgIpc) is 2.49.